The topological polar surface area (TPSA) is 84.4 Å². The van der Waals surface area contributed by atoms with Crippen LogP contribution in [0.15, 0.2) is 36.7 Å². The average molecular weight is 506 g/mol. The summed E-state index contributed by atoms with van der Waals surface area (Å²) in [5, 5.41) is 4.17. The Labute approximate surface area is 201 Å². The van der Waals surface area contributed by atoms with E-state index in [0.29, 0.717) is 53.2 Å². The van der Waals surface area contributed by atoms with Crippen molar-refractivity contribution in [2.75, 3.05) is 37.8 Å². The molecule has 1 aliphatic heterocycles. The van der Waals surface area contributed by atoms with E-state index in [-0.39, 0.29) is 11.5 Å². The molecule has 1 fully saturated rings. The van der Waals surface area contributed by atoms with E-state index < -0.39 is 31.0 Å². The van der Waals surface area contributed by atoms with E-state index in [1.165, 1.54) is 32.5 Å². The lowest BCUT2D eigenvalue weighted by Crippen LogP contribution is -2.40. The third-order valence-corrected chi connectivity index (χ3v) is 9.47. The van der Waals surface area contributed by atoms with Crippen LogP contribution in [0.4, 0.5) is 19.0 Å². The molecule has 0 radical (unpaired) electrons. The molecule has 1 aliphatic rings. The van der Waals surface area contributed by atoms with Gasteiger partial charge in [-0.25, -0.2) is 23.1 Å². The molecule has 0 spiro atoms. The van der Waals surface area contributed by atoms with E-state index in [2.05, 4.69) is 15.3 Å². The summed E-state index contributed by atoms with van der Waals surface area (Å²) in [5.74, 6) is -0.239. The van der Waals surface area contributed by atoms with Crippen LogP contribution in [0, 0.1) is 5.82 Å². The van der Waals surface area contributed by atoms with Crippen molar-refractivity contribution in [3.8, 4) is 5.75 Å². The molecule has 1 atom stereocenters. The van der Waals surface area contributed by atoms with Gasteiger partial charge in [-0.05, 0) is 13.0 Å². The summed E-state index contributed by atoms with van der Waals surface area (Å²) < 4.78 is 60.5. The van der Waals surface area contributed by atoms with Crippen molar-refractivity contribution in [2.24, 2.45) is 0 Å². The molecule has 0 saturated carbocycles. The van der Waals surface area contributed by atoms with Gasteiger partial charge in [0.2, 0.25) is 5.91 Å². The molecule has 2 heterocycles. The Kier molecular flexibility index (Phi) is 7.03. The molecular weight excluding hydrogens is 480 g/mol. The normalized spacial score (nSPS) is 16.4. The summed E-state index contributed by atoms with van der Waals surface area (Å²) in [5.41, 5.74) is -0.0653. The summed E-state index contributed by atoms with van der Waals surface area (Å²) in [6.45, 7) is 3.91. The number of halogens is 3. The second kappa shape index (κ2) is 9.85. The molecule has 2 aromatic carbocycles. The number of rotatable bonds is 6. The number of hydrogen-bond donors (Lipinski definition) is 1. The number of ether oxygens (including phenoxy) is 1. The van der Waals surface area contributed by atoms with Gasteiger partial charge in [0, 0.05) is 49.4 Å². The van der Waals surface area contributed by atoms with Crippen LogP contribution in [0.1, 0.15) is 37.4 Å². The van der Waals surface area contributed by atoms with Crippen LogP contribution in [-0.2, 0) is 9.36 Å². The highest BCUT2D eigenvalue weighted by Gasteiger charge is 2.34. The zero-order valence-electron chi connectivity index (χ0n) is 19.6. The first-order chi connectivity index (χ1) is 16.6. The maximum Gasteiger partial charge on any atom is 0.266 e. The maximum absolute atomic E-state index is 14.7. The van der Waals surface area contributed by atoms with Crippen molar-refractivity contribution in [1.82, 2.24) is 14.9 Å². The first-order valence-corrected chi connectivity index (χ1v) is 13.2. The minimum absolute atomic E-state index is 0.0567. The van der Waals surface area contributed by atoms with Crippen molar-refractivity contribution in [1.29, 1.82) is 0 Å². The number of benzene rings is 2. The molecule has 1 saturated heterocycles. The van der Waals surface area contributed by atoms with Gasteiger partial charge in [0.05, 0.1) is 29.5 Å². The van der Waals surface area contributed by atoms with Gasteiger partial charge < -0.3 is 19.5 Å². The van der Waals surface area contributed by atoms with Crippen LogP contribution in [0.5, 0.6) is 5.75 Å². The summed E-state index contributed by atoms with van der Waals surface area (Å²) in [7, 11) is -1.39. The fraction of sp³-hybridized carbons (Fsp3) is 0.375. The van der Waals surface area contributed by atoms with E-state index in [4.69, 9.17) is 4.74 Å². The van der Waals surface area contributed by atoms with E-state index in [1.54, 1.807) is 24.0 Å². The average Bonchev–Trinajstić information content (AvgIpc) is 2.83. The largest absolute Gasteiger partial charge is 0.496 e. The number of alkyl halides is 2. The maximum atomic E-state index is 14.7. The number of nitrogens with zero attached hydrogens (tertiary/aromatic N) is 3. The van der Waals surface area contributed by atoms with Gasteiger partial charge >= 0.3 is 0 Å². The minimum Gasteiger partial charge on any atom is -0.496 e. The van der Waals surface area contributed by atoms with E-state index in [1.807, 2.05) is 0 Å². The predicted molar refractivity (Wildman–Crippen MR) is 129 cm³/mol. The summed E-state index contributed by atoms with van der Waals surface area (Å²) in [4.78, 5) is 21.9. The van der Waals surface area contributed by atoms with E-state index in [0.717, 1.165) is 6.07 Å². The predicted octanol–water partition coefficient (Wildman–Crippen LogP) is 4.74. The number of hydrogen-bond acceptors (Lipinski definition) is 6. The lowest BCUT2D eigenvalue weighted by molar-refractivity contribution is -0.128. The van der Waals surface area contributed by atoms with Gasteiger partial charge in [0.15, 0.2) is 0 Å². The highest BCUT2D eigenvalue weighted by atomic mass is 31.2. The zero-order valence-corrected chi connectivity index (χ0v) is 20.5. The monoisotopic (exact) mass is 506 g/mol. The highest BCUT2D eigenvalue weighted by Crippen LogP contribution is 2.49. The fourth-order valence-electron chi connectivity index (χ4n) is 4.37. The molecule has 11 heteroatoms. The molecule has 0 bridgehead atoms. The van der Waals surface area contributed by atoms with Crippen LogP contribution in [0.2, 0.25) is 0 Å². The van der Waals surface area contributed by atoms with Gasteiger partial charge in [-0.15, -0.1) is 0 Å². The molecule has 1 aromatic heterocycles. The molecule has 1 N–H and O–H groups in total. The van der Waals surface area contributed by atoms with Crippen LogP contribution in [-0.4, -0.2) is 53.3 Å². The molecule has 1 amide bonds. The Morgan fingerprint density at radius 2 is 1.86 bits per heavy atom. The SMILES string of the molecule is COc1cc2ncnc(N[C@H](C)c3cccc(C(F)F)c3F)c2cc1P1(=O)CCN(C(C)=O)CC1. The first-order valence-electron chi connectivity index (χ1n) is 11.1. The minimum atomic E-state index is -2.93. The summed E-state index contributed by atoms with van der Waals surface area (Å²) >= 11 is 0. The smallest absolute Gasteiger partial charge is 0.266 e. The second-order valence-corrected chi connectivity index (χ2v) is 11.7. The molecule has 35 heavy (non-hydrogen) atoms. The van der Waals surface area contributed by atoms with Crippen molar-refractivity contribution >= 4 is 35.1 Å². The Balaban J connectivity index is 1.72. The highest BCUT2D eigenvalue weighted by molar-refractivity contribution is 7.72. The lowest BCUT2D eigenvalue weighted by atomic mass is 10.0. The van der Waals surface area contributed by atoms with Crippen molar-refractivity contribution in [3.63, 3.8) is 0 Å². The number of aromatic nitrogens is 2. The van der Waals surface area contributed by atoms with Crippen molar-refractivity contribution in [3.05, 3.63) is 53.6 Å². The summed E-state index contributed by atoms with van der Waals surface area (Å²) in [6.07, 6.45) is -0.945. The number of anilines is 1. The third-order valence-electron chi connectivity index (χ3n) is 6.40. The van der Waals surface area contributed by atoms with Gasteiger partial charge in [0.1, 0.15) is 30.9 Å². The van der Waals surface area contributed by atoms with Gasteiger partial charge in [-0.1, -0.05) is 18.2 Å². The molecule has 7 nitrogen and oxygen atoms in total. The number of fused-ring (bicyclic) bond motifs is 1. The van der Waals surface area contributed by atoms with Crippen LogP contribution < -0.4 is 15.4 Å². The lowest BCUT2D eigenvalue weighted by Gasteiger charge is -2.32. The van der Waals surface area contributed by atoms with Gasteiger partial charge in [0.25, 0.3) is 6.43 Å². The number of nitrogens with one attached hydrogen (secondary N) is 1. The van der Waals surface area contributed by atoms with Crippen molar-refractivity contribution in [2.45, 2.75) is 26.3 Å². The Hall–Kier alpha value is -3.13. The van der Waals surface area contributed by atoms with Crippen LogP contribution in [0.25, 0.3) is 10.9 Å². The van der Waals surface area contributed by atoms with Crippen molar-refractivity contribution < 1.29 is 27.3 Å². The molecule has 3 aromatic rings. The Morgan fingerprint density at radius 3 is 2.49 bits per heavy atom. The number of amides is 1. The fourth-order valence-corrected chi connectivity index (χ4v) is 7.12. The van der Waals surface area contributed by atoms with E-state index >= 15 is 0 Å². The third kappa shape index (κ3) is 4.85. The van der Waals surface area contributed by atoms with Gasteiger partial charge in [-0.2, -0.15) is 0 Å². The van der Waals surface area contributed by atoms with E-state index in [9.17, 15) is 22.5 Å². The molecular formula is C24H26F3N4O3P. The molecule has 4 rings (SSSR count). The molecule has 0 aliphatic carbocycles. The zero-order chi connectivity index (χ0) is 25.3. The quantitative estimate of drug-likeness (QED) is 0.487. The van der Waals surface area contributed by atoms with Crippen LogP contribution >= 0.6 is 7.14 Å². The molecule has 0 unspecified atom stereocenters. The second-order valence-electron chi connectivity index (χ2n) is 8.52. The number of methoxy groups -OCH3 is 1. The summed E-state index contributed by atoms with van der Waals surface area (Å²) in [6, 6.07) is 6.60. The number of carbonyl (C=O) groups is 1. The molecule has 186 valence electrons. The Bertz CT molecular complexity index is 1310. The standard InChI is InChI=1S/C24H26F3N4O3P/c1-14(16-5-4-6-17(22(16)25)23(26)27)30-24-18-11-21(20(34-3)12-19(18)28-13-29-24)35(33)9-7-31(8-10-35)15(2)32/h4-6,11-14,23H,7-10H2,1-3H3,(H,28,29,30)/t14-/m1/s1. The van der Waals surface area contributed by atoms with Crippen LogP contribution in [0.3, 0.4) is 0 Å². The Morgan fingerprint density at radius 1 is 1.17 bits per heavy atom. The first kappa shape index (κ1) is 25.0. The van der Waals surface area contributed by atoms with Gasteiger partial charge in [-0.3, -0.25) is 4.79 Å². The number of carbonyl (C=O) groups excluding carboxylic acids is 1.